The molecule has 0 bridgehead atoms. The number of esters is 1. The van der Waals surface area contributed by atoms with E-state index < -0.39 is 36.5 Å². The number of carbonyl (C=O) groups excluding carboxylic acids is 4. The van der Waals surface area contributed by atoms with E-state index in [0.29, 0.717) is 29.3 Å². The summed E-state index contributed by atoms with van der Waals surface area (Å²) in [5.41, 5.74) is 0.343. The number of hydrogen-bond donors (Lipinski definition) is 3. The predicted octanol–water partition coefficient (Wildman–Crippen LogP) is 1.58. The molecule has 4 amide bonds. The third-order valence-electron chi connectivity index (χ3n) is 3.24. The summed E-state index contributed by atoms with van der Waals surface area (Å²) < 4.78 is 4.92. The lowest BCUT2D eigenvalue weighted by atomic mass is 10.1. The normalized spacial score (nSPS) is 11.2. The van der Waals surface area contributed by atoms with Crippen LogP contribution in [-0.2, 0) is 14.3 Å². The van der Waals surface area contributed by atoms with Crippen molar-refractivity contribution >= 4 is 47.2 Å². The number of benzene rings is 1. The number of rotatable bonds is 9. The van der Waals surface area contributed by atoms with Crippen LogP contribution in [-0.4, -0.2) is 55.0 Å². The summed E-state index contributed by atoms with van der Waals surface area (Å²) in [6.07, 6.45) is 2.19. The van der Waals surface area contributed by atoms with Crippen LogP contribution < -0.4 is 16.0 Å². The molecule has 148 valence electrons. The van der Waals surface area contributed by atoms with Gasteiger partial charge in [-0.25, -0.2) is 9.59 Å². The number of ether oxygens (including phenoxy) is 1. The minimum atomic E-state index is -0.919. The van der Waals surface area contributed by atoms with Crippen LogP contribution in [0.25, 0.3) is 0 Å². The van der Waals surface area contributed by atoms with Crippen LogP contribution in [0.15, 0.2) is 24.3 Å². The summed E-state index contributed by atoms with van der Waals surface area (Å²) in [6, 6.07) is 4.61. The van der Waals surface area contributed by atoms with Crippen molar-refractivity contribution in [2.45, 2.75) is 19.4 Å². The Labute approximate surface area is 166 Å². The van der Waals surface area contributed by atoms with Gasteiger partial charge in [0.15, 0.2) is 6.61 Å². The summed E-state index contributed by atoms with van der Waals surface area (Å²) in [4.78, 5) is 47.4. The highest BCUT2D eigenvalue weighted by Gasteiger charge is 2.23. The Kier molecular flexibility index (Phi) is 10.3. The number of carbonyl (C=O) groups is 4. The van der Waals surface area contributed by atoms with Gasteiger partial charge >= 0.3 is 12.0 Å². The minimum absolute atomic E-state index is 0.331. The molecular weight excluding hydrogens is 394 g/mol. The summed E-state index contributed by atoms with van der Waals surface area (Å²) in [5.74, 6) is -1.37. The quantitative estimate of drug-likeness (QED) is 0.528. The van der Waals surface area contributed by atoms with E-state index in [9.17, 15) is 19.2 Å². The first-order valence-corrected chi connectivity index (χ1v) is 9.94. The minimum Gasteiger partial charge on any atom is -0.454 e. The van der Waals surface area contributed by atoms with Crippen LogP contribution in [0.3, 0.4) is 0 Å². The molecule has 10 heteroatoms. The first-order valence-electron chi connectivity index (χ1n) is 8.17. The number of urea groups is 1. The third kappa shape index (κ3) is 8.78. The number of nitrogens with one attached hydrogen (secondary N) is 3. The van der Waals surface area contributed by atoms with Crippen molar-refractivity contribution in [1.82, 2.24) is 16.0 Å². The Balaban J connectivity index is 2.62. The van der Waals surface area contributed by atoms with Gasteiger partial charge in [0.1, 0.15) is 6.04 Å². The van der Waals surface area contributed by atoms with E-state index in [1.54, 1.807) is 19.1 Å². The van der Waals surface area contributed by atoms with Gasteiger partial charge in [0.2, 0.25) is 0 Å². The maximum atomic E-state index is 12.3. The van der Waals surface area contributed by atoms with Crippen molar-refractivity contribution < 1.29 is 23.9 Å². The van der Waals surface area contributed by atoms with Gasteiger partial charge in [-0.15, -0.1) is 0 Å². The number of thioether (sulfide) groups is 1. The summed E-state index contributed by atoms with van der Waals surface area (Å²) in [7, 11) is 0. The average Bonchev–Trinajstić information content (AvgIpc) is 2.63. The van der Waals surface area contributed by atoms with Gasteiger partial charge in [-0.3, -0.25) is 14.9 Å². The first kappa shape index (κ1) is 22.8. The maximum absolute atomic E-state index is 12.3. The molecule has 8 nitrogen and oxygen atoms in total. The SMILES string of the molecule is CCNC(=O)NC(=O)COC(=O)[C@@H](CCSC)NC(=O)c1ccc(Cl)cc1. The number of hydrogen-bond acceptors (Lipinski definition) is 6. The Morgan fingerprint density at radius 1 is 1.19 bits per heavy atom. The lowest BCUT2D eigenvalue weighted by Gasteiger charge is -2.17. The summed E-state index contributed by atoms with van der Waals surface area (Å²) in [5, 5.41) is 7.48. The summed E-state index contributed by atoms with van der Waals surface area (Å²) in [6.45, 7) is 1.43. The topological polar surface area (TPSA) is 114 Å². The van der Waals surface area contributed by atoms with Crippen LogP contribution in [0.5, 0.6) is 0 Å². The molecular formula is C17H22ClN3O5S. The standard InChI is InChI=1S/C17H22ClN3O5S/c1-3-19-17(25)21-14(22)10-26-16(24)13(8-9-27-2)20-15(23)11-4-6-12(18)7-5-11/h4-7,13H,3,8-10H2,1-2H3,(H,20,23)(H2,19,21,22,25)/t13-/m1/s1. The van der Waals surface area contributed by atoms with Gasteiger partial charge in [0.25, 0.3) is 11.8 Å². The van der Waals surface area contributed by atoms with Crippen LogP contribution in [0, 0.1) is 0 Å². The van der Waals surface area contributed by atoms with Gasteiger partial charge in [0, 0.05) is 17.1 Å². The lowest BCUT2D eigenvalue weighted by molar-refractivity contribution is -0.150. The number of halogens is 1. The highest BCUT2D eigenvalue weighted by Crippen LogP contribution is 2.10. The highest BCUT2D eigenvalue weighted by molar-refractivity contribution is 7.98. The second kappa shape index (κ2) is 12.2. The van der Waals surface area contributed by atoms with Gasteiger partial charge in [-0.2, -0.15) is 11.8 Å². The molecule has 1 aromatic carbocycles. The van der Waals surface area contributed by atoms with E-state index in [-0.39, 0.29) is 0 Å². The maximum Gasteiger partial charge on any atom is 0.329 e. The van der Waals surface area contributed by atoms with E-state index in [1.165, 1.54) is 23.9 Å². The van der Waals surface area contributed by atoms with Crippen LogP contribution >= 0.6 is 23.4 Å². The summed E-state index contributed by atoms with van der Waals surface area (Å²) >= 11 is 7.29. The van der Waals surface area contributed by atoms with E-state index in [4.69, 9.17) is 16.3 Å². The molecule has 0 unspecified atom stereocenters. The molecule has 1 rings (SSSR count). The molecule has 3 N–H and O–H groups in total. The molecule has 0 fully saturated rings. The molecule has 0 saturated heterocycles. The molecule has 0 aliphatic heterocycles. The fraction of sp³-hybridized carbons (Fsp3) is 0.412. The van der Waals surface area contributed by atoms with Crippen LogP contribution in [0.4, 0.5) is 4.79 Å². The Morgan fingerprint density at radius 3 is 2.44 bits per heavy atom. The van der Waals surface area contributed by atoms with Gasteiger partial charge in [-0.1, -0.05) is 11.6 Å². The van der Waals surface area contributed by atoms with E-state index in [0.717, 1.165) is 0 Å². The second-order valence-corrected chi connectivity index (χ2v) is 6.75. The van der Waals surface area contributed by atoms with Crippen LogP contribution in [0.1, 0.15) is 23.7 Å². The van der Waals surface area contributed by atoms with E-state index in [2.05, 4.69) is 10.6 Å². The van der Waals surface area contributed by atoms with Crippen LogP contribution in [0.2, 0.25) is 5.02 Å². The zero-order valence-electron chi connectivity index (χ0n) is 15.0. The fourth-order valence-corrected chi connectivity index (χ4v) is 2.53. The molecule has 0 spiro atoms. The third-order valence-corrected chi connectivity index (χ3v) is 4.14. The Hall–Kier alpha value is -2.26. The van der Waals surface area contributed by atoms with Crippen molar-refractivity contribution in [2.24, 2.45) is 0 Å². The molecule has 0 radical (unpaired) electrons. The average molecular weight is 416 g/mol. The van der Waals surface area contributed by atoms with Gasteiger partial charge < -0.3 is 15.4 Å². The Morgan fingerprint density at radius 2 is 1.85 bits per heavy atom. The first-order chi connectivity index (χ1) is 12.9. The lowest BCUT2D eigenvalue weighted by Crippen LogP contribution is -2.45. The molecule has 0 heterocycles. The van der Waals surface area contributed by atoms with Crippen molar-refractivity contribution in [1.29, 1.82) is 0 Å². The smallest absolute Gasteiger partial charge is 0.329 e. The van der Waals surface area contributed by atoms with Crippen molar-refractivity contribution in [3.05, 3.63) is 34.9 Å². The highest BCUT2D eigenvalue weighted by atomic mass is 35.5. The van der Waals surface area contributed by atoms with E-state index >= 15 is 0 Å². The van der Waals surface area contributed by atoms with Crippen molar-refractivity contribution in [2.75, 3.05) is 25.2 Å². The van der Waals surface area contributed by atoms with Gasteiger partial charge in [-0.05, 0) is 49.6 Å². The molecule has 0 saturated carbocycles. The zero-order chi connectivity index (χ0) is 20.2. The molecule has 1 atom stereocenters. The number of imide groups is 1. The zero-order valence-corrected chi connectivity index (χ0v) is 16.6. The van der Waals surface area contributed by atoms with E-state index in [1.807, 2.05) is 11.6 Å². The predicted molar refractivity (Wildman–Crippen MR) is 104 cm³/mol. The second-order valence-electron chi connectivity index (χ2n) is 5.33. The fourth-order valence-electron chi connectivity index (χ4n) is 1.93. The van der Waals surface area contributed by atoms with Crippen molar-refractivity contribution in [3.8, 4) is 0 Å². The molecule has 0 aliphatic rings. The number of amides is 4. The monoisotopic (exact) mass is 415 g/mol. The molecule has 0 aromatic heterocycles. The van der Waals surface area contributed by atoms with Crippen molar-refractivity contribution in [3.63, 3.8) is 0 Å². The molecule has 1 aromatic rings. The van der Waals surface area contributed by atoms with Gasteiger partial charge in [0.05, 0.1) is 0 Å². The Bertz CT molecular complexity index is 669. The molecule has 0 aliphatic carbocycles. The largest absolute Gasteiger partial charge is 0.454 e. The molecule has 27 heavy (non-hydrogen) atoms.